The second kappa shape index (κ2) is 23.6. The molecule has 7 atom stereocenters. The number of rotatable bonds is 23. The van der Waals surface area contributed by atoms with E-state index in [-0.39, 0.29) is 57.2 Å². The highest BCUT2D eigenvalue weighted by Crippen LogP contribution is 2.62. The minimum Gasteiger partial charge on any atom is -0.459 e. The molecule has 2 fully saturated rings. The molecule has 0 bridgehead atoms. The van der Waals surface area contributed by atoms with Crippen LogP contribution in [0.4, 0.5) is 4.79 Å². The van der Waals surface area contributed by atoms with Crippen LogP contribution in [0.5, 0.6) is 17.2 Å². The summed E-state index contributed by atoms with van der Waals surface area (Å²) >= 11 is 0. The van der Waals surface area contributed by atoms with Gasteiger partial charge in [0.05, 0.1) is 38.1 Å². The fourth-order valence-corrected chi connectivity index (χ4v) is 10.2. The summed E-state index contributed by atoms with van der Waals surface area (Å²) in [4.78, 5) is 22.7. The Morgan fingerprint density at radius 3 is 2.48 bits per heavy atom. The number of amides is 1. The highest BCUT2D eigenvalue weighted by Gasteiger charge is 2.65. The second-order valence-electron chi connectivity index (χ2n) is 17.9. The summed E-state index contributed by atoms with van der Waals surface area (Å²) in [5, 5.41) is 25.0. The Labute approximate surface area is 385 Å². The number of fused-ring (bicyclic) bond motifs is 2. The van der Waals surface area contributed by atoms with Crippen molar-refractivity contribution in [2.75, 3.05) is 46.2 Å². The van der Waals surface area contributed by atoms with Gasteiger partial charge in [0.25, 0.3) is 0 Å². The van der Waals surface area contributed by atoms with Gasteiger partial charge >= 0.3 is 6.09 Å². The fraction of sp³-hybridized carbons (Fsp3) is 0.547. The largest absolute Gasteiger partial charge is 0.459 e. The summed E-state index contributed by atoms with van der Waals surface area (Å²) in [6.07, 6.45) is 11.4. The predicted octanol–water partition coefficient (Wildman–Crippen LogP) is 10.3. The number of hydrogen-bond donors (Lipinski definition) is 2. The summed E-state index contributed by atoms with van der Waals surface area (Å²) in [6.45, 7) is 12.3. The number of hydrogen-bond acceptors (Lipinski definition) is 11. The number of nitrogens with zero attached hydrogens (tertiary/aromatic N) is 2. The molecule has 3 aromatic carbocycles. The second-order valence-corrected chi connectivity index (χ2v) is 17.9. The van der Waals surface area contributed by atoms with Crippen LogP contribution in [0.25, 0.3) is 0 Å². The standard InChI is InChI=1S/C53H70N2O10/c1-5-25-55(52(58)61-31-30-59-36-39-16-8-7-9-17-39)48-35-46(54-65-49-20-12-15-29-60-49)44-33-40(18-10-13-26-56)43(19-11-14-27-57)50-45-34-42(63-41-22-21-37(3)38(4)32-41)23-24-47(45)64-53(48,51(44)50)62-28-6-2/h6-9,16-17,21-24,32-34,40,43,48-51,56-57H,2,5,10-15,18-20,25-31,35-36H2,1,3-4H3/t40-,43+,48-,49?,50+,51+,53+/m0/s1. The van der Waals surface area contributed by atoms with E-state index in [2.05, 4.69) is 44.7 Å². The zero-order valence-corrected chi connectivity index (χ0v) is 38.7. The average Bonchev–Trinajstić information content (AvgIpc) is 3.32. The molecule has 2 aliphatic carbocycles. The lowest BCUT2D eigenvalue weighted by Crippen LogP contribution is -2.70. The number of carbonyl (C=O) groups excluding carboxylic acids is 1. The number of unbranched alkanes of at least 4 members (excludes halogenated alkanes) is 2. The van der Waals surface area contributed by atoms with E-state index in [4.69, 9.17) is 38.4 Å². The van der Waals surface area contributed by atoms with Gasteiger partial charge in [-0.3, -0.25) is 4.90 Å². The van der Waals surface area contributed by atoms with E-state index in [0.717, 1.165) is 73.0 Å². The van der Waals surface area contributed by atoms with Crippen molar-refractivity contribution in [3.8, 4) is 17.2 Å². The summed E-state index contributed by atoms with van der Waals surface area (Å²) in [6, 6.07) is 21.3. The first-order chi connectivity index (χ1) is 31.8. The van der Waals surface area contributed by atoms with Gasteiger partial charge in [-0.1, -0.05) is 73.5 Å². The van der Waals surface area contributed by atoms with Crippen molar-refractivity contribution in [1.82, 2.24) is 4.90 Å². The lowest BCUT2D eigenvalue weighted by molar-refractivity contribution is -0.255. The van der Waals surface area contributed by atoms with E-state index < -0.39 is 30.1 Å². The van der Waals surface area contributed by atoms with Crippen LogP contribution in [0.2, 0.25) is 0 Å². The van der Waals surface area contributed by atoms with Crippen LogP contribution in [0.15, 0.2) is 96.2 Å². The molecule has 1 saturated heterocycles. The molecule has 3 aromatic rings. The molecule has 7 rings (SSSR count). The predicted molar refractivity (Wildman–Crippen MR) is 250 cm³/mol. The quantitative estimate of drug-likeness (QED) is 0.0538. The molecule has 1 unspecified atom stereocenters. The van der Waals surface area contributed by atoms with Crippen LogP contribution in [0, 0.1) is 31.6 Å². The molecule has 12 nitrogen and oxygen atoms in total. The van der Waals surface area contributed by atoms with Crippen LogP contribution in [-0.2, 0) is 30.4 Å². The lowest BCUT2D eigenvalue weighted by atomic mass is 9.55. The third-order valence-electron chi connectivity index (χ3n) is 13.4. The van der Waals surface area contributed by atoms with E-state index in [1.54, 1.807) is 11.0 Å². The molecule has 65 heavy (non-hydrogen) atoms. The van der Waals surface area contributed by atoms with Crippen molar-refractivity contribution in [2.45, 2.75) is 122 Å². The Morgan fingerprint density at radius 2 is 1.74 bits per heavy atom. The van der Waals surface area contributed by atoms with Crippen LogP contribution < -0.4 is 9.47 Å². The number of oxime groups is 1. The van der Waals surface area contributed by atoms with E-state index in [1.165, 1.54) is 5.56 Å². The molecule has 2 N–H and O–H groups in total. The molecule has 4 aliphatic rings. The van der Waals surface area contributed by atoms with Crippen molar-refractivity contribution in [3.05, 3.63) is 113 Å². The molecule has 12 heteroatoms. The van der Waals surface area contributed by atoms with E-state index in [0.29, 0.717) is 56.2 Å². The Bertz CT molecular complexity index is 2070. The zero-order chi connectivity index (χ0) is 45.6. The highest BCUT2D eigenvalue weighted by molar-refractivity contribution is 6.03. The molecule has 0 spiro atoms. The third-order valence-corrected chi connectivity index (χ3v) is 13.4. The van der Waals surface area contributed by atoms with E-state index in [9.17, 15) is 15.0 Å². The summed E-state index contributed by atoms with van der Waals surface area (Å²) in [5.41, 5.74) is 6.03. The summed E-state index contributed by atoms with van der Waals surface area (Å²) in [7, 11) is 0. The average molecular weight is 895 g/mol. The third kappa shape index (κ3) is 11.6. The van der Waals surface area contributed by atoms with Gasteiger partial charge in [-0.15, -0.1) is 6.58 Å². The number of aryl methyl sites for hydroxylation is 2. The Hall–Kier alpha value is -4.72. The number of ether oxygens (including phenoxy) is 6. The van der Waals surface area contributed by atoms with Crippen LogP contribution in [-0.4, -0.2) is 91.2 Å². The Kier molecular flexibility index (Phi) is 17.5. The van der Waals surface area contributed by atoms with Crippen molar-refractivity contribution >= 4 is 11.8 Å². The van der Waals surface area contributed by atoms with Gasteiger partial charge in [-0.25, -0.2) is 4.79 Å². The fourth-order valence-electron chi connectivity index (χ4n) is 10.2. The van der Waals surface area contributed by atoms with Crippen molar-refractivity contribution in [2.24, 2.45) is 22.9 Å². The van der Waals surface area contributed by atoms with Crippen LogP contribution in [0.3, 0.4) is 0 Å². The molecule has 352 valence electrons. The molecule has 2 heterocycles. The van der Waals surface area contributed by atoms with Crippen LogP contribution >= 0.6 is 0 Å². The van der Waals surface area contributed by atoms with Crippen molar-refractivity contribution in [1.29, 1.82) is 0 Å². The van der Waals surface area contributed by atoms with Crippen molar-refractivity contribution < 1.29 is 48.3 Å². The number of aliphatic hydroxyl groups excluding tert-OH is 2. The number of benzene rings is 3. The zero-order valence-electron chi connectivity index (χ0n) is 38.7. The van der Waals surface area contributed by atoms with Crippen LogP contribution in [0.1, 0.15) is 106 Å². The molecular weight excluding hydrogens is 825 g/mol. The molecule has 1 saturated carbocycles. The lowest BCUT2D eigenvalue weighted by Gasteiger charge is -2.60. The monoisotopic (exact) mass is 895 g/mol. The first-order valence-electron chi connectivity index (χ1n) is 24.0. The molecule has 1 amide bonds. The van der Waals surface area contributed by atoms with Gasteiger partial charge in [0.1, 0.15) is 29.9 Å². The van der Waals surface area contributed by atoms with Gasteiger partial charge in [0.2, 0.25) is 12.1 Å². The van der Waals surface area contributed by atoms with Gasteiger partial charge < -0.3 is 43.5 Å². The molecular formula is C53H70N2O10. The molecule has 0 radical (unpaired) electrons. The number of allylic oxidation sites excluding steroid dienone is 1. The minimum absolute atomic E-state index is 0.0643. The normalized spacial score (nSPS) is 25.1. The van der Waals surface area contributed by atoms with E-state index in [1.807, 2.05) is 55.5 Å². The smallest absolute Gasteiger partial charge is 0.410 e. The Balaban J connectivity index is 1.35. The maximum Gasteiger partial charge on any atom is 0.410 e. The maximum absolute atomic E-state index is 14.6. The number of carbonyl (C=O) groups is 1. The topological polar surface area (TPSA) is 138 Å². The van der Waals surface area contributed by atoms with Gasteiger partial charge in [0.15, 0.2) is 0 Å². The summed E-state index contributed by atoms with van der Waals surface area (Å²) < 4.78 is 39.1. The SMILES string of the molecule is C=CCO[C@@]12Oc3ccc(Oc4ccc(C)c(C)c4)cc3[C@H]3[C@H](CCCCO)[C@@H](CCCCO)C=C(C(=NOC4CCCCO4)C[C@@H]1N(CCC)C(=O)OCCOCc1ccccc1)[C@H]32. The van der Waals surface area contributed by atoms with Gasteiger partial charge in [-0.05, 0) is 123 Å². The highest BCUT2D eigenvalue weighted by atomic mass is 16.8. The van der Waals surface area contributed by atoms with Gasteiger partial charge in [-0.2, -0.15) is 0 Å². The molecule has 0 aromatic heterocycles. The molecule has 2 aliphatic heterocycles. The number of aliphatic hydroxyl groups is 2. The van der Waals surface area contributed by atoms with Crippen molar-refractivity contribution in [3.63, 3.8) is 0 Å². The first kappa shape index (κ1) is 48.2. The van der Waals surface area contributed by atoms with Gasteiger partial charge in [0, 0.05) is 44.1 Å². The van der Waals surface area contributed by atoms with E-state index >= 15 is 0 Å². The summed E-state index contributed by atoms with van der Waals surface area (Å²) in [5.74, 6) is 0.165. The Morgan fingerprint density at radius 1 is 0.954 bits per heavy atom. The maximum atomic E-state index is 14.6. The first-order valence-corrected chi connectivity index (χ1v) is 24.0. The minimum atomic E-state index is -1.40.